The van der Waals surface area contributed by atoms with E-state index in [-0.39, 0.29) is 0 Å². The number of anilines is 2. The molecule has 0 amide bonds. The first-order valence-electron chi connectivity index (χ1n) is 7.29. The molecule has 0 saturated carbocycles. The van der Waals surface area contributed by atoms with Gasteiger partial charge in [0.1, 0.15) is 17.2 Å². The molecule has 24 heavy (non-hydrogen) atoms. The van der Waals surface area contributed by atoms with Crippen LogP contribution in [0.25, 0.3) is 0 Å². The van der Waals surface area contributed by atoms with Crippen LogP contribution in [-0.2, 0) is 0 Å². The second-order valence-electron chi connectivity index (χ2n) is 4.73. The molecule has 5 nitrogen and oxygen atoms in total. The molecule has 7 heteroatoms. The molecule has 0 aliphatic heterocycles. The Balaban J connectivity index is 2.13. The van der Waals surface area contributed by atoms with E-state index in [1.165, 1.54) is 0 Å². The molecule has 2 aromatic carbocycles. The molecule has 0 saturated heterocycles. The van der Waals surface area contributed by atoms with Gasteiger partial charge in [0, 0.05) is 23.9 Å². The molecule has 2 rings (SSSR count). The van der Waals surface area contributed by atoms with E-state index in [0.29, 0.717) is 33.9 Å². The molecule has 0 aliphatic rings. The van der Waals surface area contributed by atoms with E-state index in [1.54, 1.807) is 26.4 Å². The molecule has 0 aliphatic carbocycles. The highest BCUT2D eigenvalue weighted by atomic mass is 35.5. The lowest BCUT2D eigenvalue weighted by atomic mass is 10.2. The zero-order valence-electron chi connectivity index (χ0n) is 13.7. The average Bonchev–Trinajstić information content (AvgIpc) is 2.56. The summed E-state index contributed by atoms with van der Waals surface area (Å²) in [5.41, 5.74) is 1.47. The van der Waals surface area contributed by atoms with Gasteiger partial charge in [-0.1, -0.05) is 17.7 Å². The van der Waals surface area contributed by atoms with Crippen molar-refractivity contribution in [1.82, 2.24) is 0 Å². The molecule has 0 unspecified atom stereocenters. The van der Waals surface area contributed by atoms with Gasteiger partial charge in [0.25, 0.3) is 0 Å². The van der Waals surface area contributed by atoms with Gasteiger partial charge in [-0.15, -0.1) is 0 Å². The lowest BCUT2D eigenvalue weighted by Crippen LogP contribution is -2.19. The predicted molar refractivity (Wildman–Crippen MR) is 102 cm³/mol. The van der Waals surface area contributed by atoms with E-state index in [2.05, 4.69) is 10.6 Å². The summed E-state index contributed by atoms with van der Waals surface area (Å²) in [5.74, 6) is 1.87. The Morgan fingerprint density at radius 1 is 1.08 bits per heavy atom. The van der Waals surface area contributed by atoms with Gasteiger partial charge in [0.05, 0.1) is 31.5 Å². The Hall–Kier alpha value is -2.18. The molecule has 0 heterocycles. The van der Waals surface area contributed by atoms with Crippen LogP contribution in [0.15, 0.2) is 36.4 Å². The number of methoxy groups -OCH3 is 2. The van der Waals surface area contributed by atoms with Gasteiger partial charge in [-0.05, 0) is 31.3 Å². The summed E-state index contributed by atoms with van der Waals surface area (Å²) < 4.78 is 16.0. The van der Waals surface area contributed by atoms with E-state index in [0.717, 1.165) is 11.4 Å². The van der Waals surface area contributed by atoms with Gasteiger partial charge in [-0.3, -0.25) is 0 Å². The van der Waals surface area contributed by atoms with Crippen molar-refractivity contribution in [2.75, 3.05) is 31.5 Å². The predicted octanol–water partition coefficient (Wildman–Crippen LogP) is 4.56. The molecular weight excluding hydrogens is 348 g/mol. The van der Waals surface area contributed by atoms with Gasteiger partial charge < -0.3 is 24.8 Å². The summed E-state index contributed by atoms with van der Waals surface area (Å²) >= 11 is 11.5. The fraction of sp³-hybridized carbons (Fsp3) is 0.235. The second-order valence-corrected chi connectivity index (χ2v) is 5.54. The molecule has 0 spiro atoms. The van der Waals surface area contributed by atoms with Gasteiger partial charge in [0.2, 0.25) is 0 Å². The first-order valence-corrected chi connectivity index (χ1v) is 8.08. The Labute approximate surface area is 151 Å². The molecule has 0 atom stereocenters. The van der Waals surface area contributed by atoms with Crippen LogP contribution in [0.3, 0.4) is 0 Å². The van der Waals surface area contributed by atoms with Gasteiger partial charge in [0.15, 0.2) is 5.11 Å². The summed E-state index contributed by atoms with van der Waals surface area (Å²) in [5, 5.41) is 7.05. The number of hydrogen-bond donors (Lipinski definition) is 2. The minimum absolute atomic E-state index is 0.409. The van der Waals surface area contributed by atoms with Crippen LogP contribution in [-0.4, -0.2) is 25.9 Å². The molecule has 128 valence electrons. The fourth-order valence-corrected chi connectivity index (χ4v) is 2.53. The van der Waals surface area contributed by atoms with Gasteiger partial charge >= 0.3 is 0 Å². The lowest BCUT2D eigenvalue weighted by Gasteiger charge is -2.15. The highest BCUT2D eigenvalue weighted by molar-refractivity contribution is 7.80. The number of nitrogens with one attached hydrogen (secondary N) is 2. The Bertz CT molecular complexity index is 725. The van der Waals surface area contributed by atoms with Crippen LogP contribution in [0.4, 0.5) is 11.4 Å². The number of rotatable bonds is 6. The largest absolute Gasteiger partial charge is 0.495 e. The summed E-state index contributed by atoms with van der Waals surface area (Å²) in [6, 6.07) is 10.9. The van der Waals surface area contributed by atoms with E-state index in [4.69, 9.17) is 38.0 Å². The normalized spacial score (nSPS) is 10.0. The van der Waals surface area contributed by atoms with Crippen molar-refractivity contribution in [3.05, 3.63) is 41.4 Å². The molecule has 0 fully saturated rings. The van der Waals surface area contributed by atoms with E-state index < -0.39 is 0 Å². The number of halogens is 1. The Morgan fingerprint density at radius 2 is 1.83 bits per heavy atom. The summed E-state index contributed by atoms with van der Waals surface area (Å²) in [7, 11) is 3.11. The van der Waals surface area contributed by atoms with Crippen LogP contribution in [0.2, 0.25) is 5.02 Å². The van der Waals surface area contributed by atoms with E-state index in [1.807, 2.05) is 31.2 Å². The second kappa shape index (κ2) is 8.61. The molecule has 2 N–H and O–H groups in total. The van der Waals surface area contributed by atoms with Crippen molar-refractivity contribution in [2.24, 2.45) is 0 Å². The molecule has 0 aromatic heterocycles. The minimum Gasteiger partial charge on any atom is -0.495 e. The van der Waals surface area contributed by atoms with Crippen LogP contribution in [0.1, 0.15) is 6.92 Å². The lowest BCUT2D eigenvalue weighted by molar-refractivity contribution is 0.340. The minimum atomic E-state index is 0.409. The van der Waals surface area contributed by atoms with Crippen molar-refractivity contribution < 1.29 is 14.2 Å². The maximum Gasteiger partial charge on any atom is 0.175 e. The van der Waals surface area contributed by atoms with Crippen LogP contribution < -0.4 is 24.8 Å². The highest BCUT2D eigenvalue weighted by Gasteiger charge is 2.11. The summed E-state index contributed by atoms with van der Waals surface area (Å²) in [6.45, 7) is 2.54. The smallest absolute Gasteiger partial charge is 0.175 e. The number of hydrogen-bond acceptors (Lipinski definition) is 4. The van der Waals surface area contributed by atoms with Gasteiger partial charge in [-0.25, -0.2) is 0 Å². The average molecular weight is 367 g/mol. The zero-order valence-corrected chi connectivity index (χ0v) is 15.3. The quantitative estimate of drug-likeness (QED) is 0.731. The van der Waals surface area contributed by atoms with Gasteiger partial charge in [-0.2, -0.15) is 0 Å². The zero-order chi connectivity index (χ0) is 17.5. The monoisotopic (exact) mass is 366 g/mol. The third kappa shape index (κ3) is 4.66. The maximum atomic E-state index is 6.10. The Morgan fingerprint density at radius 3 is 2.50 bits per heavy atom. The standard InChI is InChI=1S/C17H19ClN2O3S/c1-4-23-12-7-5-6-11(8-12)19-17(24)20-14-10-15(21-2)13(18)9-16(14)22-3/h5-10H,4H2,1-3H3,(H2,19,20,24). The van der Waals surface area contributed by atoms with Crippen molar-refractivity contribution >= 4 is 40.3 Å². The summed E-state index contributed by atoms with van der Waals surface area (Å²) in [6.07, 6.45) is 0. The third-order valence-electron chi connectivity index (χ3n) is 3.13. The van der Waals surface area contributed by atoms with Crippen LogP contribution >= 0.6 is 23.8 Å². The first-order chi connectivity index (χ1) is 11.6. The van der Waals surface area contributed by atoms with Crippen molar-refractivity contribution in [2.45, 2.75) is 6.92 Å². The molecule has 2 aromatic rings. The van der Waals surface area contributed by atoms with E-state index in [9.17, 15) is 0 Å². The highest BCUT2D eigenvalue weighted by Crippen LogP contribution is 2.35. The van der Waals surface area contributed by atoms with Crippen molar-refractivity contribution in [1.29, 1.82) is 0 Å². The number of benzene rings is 2. The first kappa shape index (κ1) is 18.2. The number of thiocarbonyl (C=S) groups is 1. The van der Waals surface area contributed by atoms with Crippen LogP contribution in [0.5, 0.6) is 17.2 Å². The van der Waals surface area contributed by atoms with Crippen LogP contribution in [0, 0.1) is 0 Å². The van der Waals surface area contributed by atoms with Crippen molar-refractivity contribution in [3.8, 4) is 17.2 Å². The SMILES string of the molecule is CCOc1cccc(NC(=S)Nc2cc(OC)c(Cl)cc2OC)c1. The molecule has 0 bridgehead atoms. The molecular formula is C17H19ClN2O3S. The topological polar surface area (TPSA) is 51.8 Å². The molecule has 0 radical (unpaired) electrons. The Kier molecular flexibility index (Phi) is 6.52. The van der Waals surface area contributed by atoms with E-state index >= 15 is 0 Å². The number of ether oxygens (including phenoxy) is 3. The summed E-state index contributed by atoms with van der Waals surface area (Å²) in [4.78, 5) is 0. The van der Waals surface area contributed by atoms with Crippen molar-refractivity contribution in [3.63, 3.8) is 0 Å². The third-order valence-corrected chi connectivity index (χ3v) is 3.62. The fourth-order valence-electron chi connectivity index (χ4n) is 2.07. The maximum absolute atomic E-state index is 6.10.